The molecule has 44 heavy (non-hydrogen) atoms. The maximum atomic E-state index is 13.7. The van der Waals surface area contributed by atoms with Gasteiger partial charge in [-0.3, -0.25) is 4.79 Å². The third-order valence-corrected chi connectivity index (χ3v) is 12.8. The van der Waals surface area contributed by atoms with Crippen molar-refractivity contribution < 1.29 is 48.2 Å². The van der Waals surface area contributed by atoms with E-state index in [1.807, 2.05) is 6.07 Å². The minimum absolute atomic E-state index is 0.103. The topological polar surface area (TPSA) is 133 Å². The highest BCUT2D eigenvalue weighted by Crippen LogP contribution is 2.80. The number of methoxy groups -OCH3 is 4. The predicted molar refractivity (Wildman–Crippen MR) is 154 cm³/mol. The van der Waals surface area contributed by atoms with Crippen LogP contribution in [0.4, 0.5) is 0 Å². The van der Waals surface area contributed by atoms with Gasteiger partial charge in [0.05, 0.1) is 24.4 Å². The molecule has 6 fully saturated rings. The number of rotatable bonds is 8. The van der Waals surface area contributed by atoms with E-state index in [0.29, 0.717) is 12.2 Å². The summed E-state index contributed by atoms with van der Waals surface area (Å²) in [6, 6.07) is 8.39. The Bertz CT molecular complexity index is 1310. The van der Waals surface area contributed by atoms with Gasteiger partial charge in [0.15, 0.2) is 5.60 Å². The van der Waals surface area contributed by atoms with E-state index in [-0.39, 0.29) is 35.8 Å². The molecule has 1 saturated heterocycles. The average molecular weight is 616 g/mol. The molecule has 1 aromatic carbocycles. The lowest BCUT2D eigenvalue weighted by Gasteiger charge is -2.69. The zero-order valence-electron chi connectivity index (χ0n) is 26.3. The summed E-state index contributed by atoms with van der Waals surface area (Å²) in [5, 5.41) is 25.1. The fourth-order valence-corrected chi connectivity index (χ4v) is 12.3. The molecule has 5 aliphatic carbocycles. The van der Waals surface area contributed by atoms with Gasteiger partial charge in [-0.25, -0.2) is 4.79 Å². The lowest BCUT2D eigenvalue weighted by molar-refractivity contribution is -0.316. The number of carbonyl (C=O) groups excluding carboxylic acids is 2. The van der Waals surface area contributed by atoms with Gasteiger partial charge < -0.3 is 43.5 Å². The number of aliphatic hydroxyl groups is 2. The quantitative estimate of drug-likeness (QED) is 0.410. The van der Waals surface area contributed by atoms with Crippen LogP contribution in [0.25, 0.3) is 0 Å². The Morgan fingerprint density at radius 2 is 1.75 bits per heavy atom. The number of ether oxygens (including phenoxy) is 6. The molecular formula is C33H45NO10. The van der Waals surface area contributed by atoms with E-state index < -0.39 is 64.8 Å². The van der Waals surface area contributed by atoms with Gasteiger partial charge in [-0.2, -0.15) is 0 Å². The summed E-state index contributed by atoms with van der Waals surface area (Å²) < 4.78 is 37.5. The number of hydrogen-bond acceptors (Lipinski definition) is 11. The van der Waals surface area contributed by atoms with Crippen LogP contribution in [-0.2, 0) is 33.2 Å². The number of esters is 2. The summed E-state index contributed by atoms with van der Waals surface area (Å²) in [5.74, 6) is -2.96. The van der Waals surface area contributed by atoms with Crippen LogP contribution in [0.2, 0.25) is 0 Å². The minimum atomic E-state index is -1.76. The smallest absolute Gasteiger partial charge is 0.338 e. The Labute approximate surface area is 258 Å². The van der Waals surface area contributed by atoms with Crippen molar-refractivity contribution in [1.29, 1.82) is 0 Å². The van der Waals surface area contributed by atoms with Crippen LogP contribution in [0.3, 0.4) is 0 Å². The largest absolute Gasteiger partial charge is 0.455 e. The van der Waals surface area contributed by atoms with E-state index in [0.717, 1.165) is 19.4 Å². The number of fused-ring (bicyclic) bond motifs is 2. The second kappa shape index (κ2) is 10.2. The summed E-state index contributed by atoms with van der Waals surface area (Å²) in [4.78, 5) is 29.2. The second-order valence-electron chi connectivity index (χ2n) is 14.2. The Morgan fingerprint density at radius 3 is 2.36 bits per heavy atom. The van der Waals surface area contributed by atoms with Crippen LogP contribution in [-0.4, -0.2) is 123 Å². The third-order valence-electron chi connectivity index (χ3n) is 12.8. The molecule has 0 unspecified atom stereocenters. The Morgan fingerprint density at radius 1 is 1.02 bits per heavy atom. The van der Waals surface area contributed by atoms with Crippen molar-refractivity contribution in [3.8, 4) is 0 Å². The lowest BCUT2D eigenvalue weighted by Crippen LogP contribution is -2.80. The van der Waals surface area contributed by atoms with Gasteiger partial charge >= 0.3 is 11.9 Å². The normalized spacial score (nSPS) is 49.9. The molecule has 5 saturated carbocycles. The van der Waals surface area contributed by atoms with Crippen LogP contribution in [0.15, 0.2) is 30.3 Å². The summed E-state index contributed by atoms with van der Waals surface area (Å²) >= 11 is 0. The van der Waals surface area contributed by atoms with Crippen LogP contribution >= 0.6 is 0 Å². The monoisotopic (exact) mass is 615 g/mol. The SMILES string of the molecule is COC[C@@]12CC[C@H](OC)[C@@]34[C@@H]5C[C@@]6(O)[C@H](OC(=O)c7ccccc7)[C@@H]5[C@@](OC(C)=O)([C@@H]([C@H](OC)[C@H]13)[C@H]4N(C)C2)[C@@H](O)[C@H]6OC. The molecule has 14 atom stereocenters. The first kappa shape index (κ1) is 30.5. The van der Waals surface area contributed by atoms with E-state index in [4.69, 9.17) is 28.4 Å². The first-order valence-corrected chi connectivity index (χ1v) is 15.7. The molecule has 0 radical (unpaired) electrons. The Balaban J connectivity index is 1.51. The van der Waals surface area contributed by atoms with Crippen LogP contribution in [0.5, 0.6) is 0 Å². The van der Waals surface area contributed by atoms with Gasteiger partial charge in [-0.05, 0) is 44.4 Å². The summed E-state index contributed by atoms with van der Waals surface area (Å²) in [5.41, 5.74) is -3.93. The highest BCUT2D eigenvalue weighted by Gasteiger charge is 2.91. The van der Waals surface area contributed by atoms with E-state index in [1.54, 1.807) is 45.6 Å². The minimum Gasteiger partial charge on any atom is -0.455 e. The predicted octanol–water partition coefficient (Wildman–Crippen LogP) is 1.29. The number of carbonyl (C=O) groups is 2. The number of likely N-dealkylation sites (tertiary alicyclic amines) is 1. The van der Waals surface area contributed by atoms with E-state index >= 15 is 0 Å². The highest BCUT2D eigenvalue weighted by molar-refractivity contribution is 5.89. The van der Waals surface area contributed by atoms with Crippen molar-refractivity contribution in [2.45, 2.75) is 73.9 Å². The van der Waals surface area contributed by atoms with Gasteiger partial charge in [-0.1, -0.05) is 18.2 Å². The van der Waals surface area contributed by atoms with Crippen LogP contribution in [0, 0.1) is 34.5 Å². The molecule has 2 N–H and O–H groups in total. The van der Waals surface area contributed by atoms with Gasteiger partial charge in [0.2, 0.25) is 0 Å². The maximum Gasteiger partial charge on any atom is 0.338 e. The molecule has 11 heteroatoms. The Kier molecular flexibility index (Phi) is 7.07. The molecular weight excluding hydrogens is 570 g/mol. The zero-order valence-corrected chi connectivity index (χ0v) is 26.3. The van der Waals surface area contributed by atoms with Crippen LogP contribution < -0.4 is 0 Å². The van der Waals surface area contributed by atoms with Gasteiger partial charge in [0, 0.05) is 76.5 Å². The summed E-state index contributed by atoms with van der Waals surface area (Å²) in [6.07, 6.45) is -2.66. The molecule has 242 valence electrons. The fraction of sp³-hybridized carbons (Fsp3) is 0.758. The number of aliphatic hydroxyl groups excluding tert-OH is 1. The molecule has 1 heterocycles. The Hall–Kier alpha value is -2.12. The van der Waals surface area contributed by atoms with Crippen molar-refractivity contribution >= 4 is 11.9 Å². The second-order valence-corrected chi connectivity index (χ2v) is 14.2. The van der Waals surface area contributed by atoms with Crippen molar-refractivity contribution in [3.63, 3.8) is 0 Å². The first-order valence-electron chi connectivity index (χ1n) is 15.7. The van der Waals surface area contributed by atoms with Crippen molar-refractivity contribution in [1.82, 2.24) is 4.90 Å². The van der Waals surface area contributed by atoms with Crippen molar-refractivity contribution in [2.24, 2.45) is 34.5 Å². The standard InChI is InChI=1S/C33H45NO10/c1-17(35)44-33-21-19(14-31(38,28(42-6)26(33)36)27(21)43-29(37)18-10-8-7-9-11-18)32-20(40-4)12-13-30(16-39-3)15-34(2)25(32)22(33)23(41-5)24(30)32/h7-11,19-28,36,38H,12-16H2,1-6H3/t19-,20+,21-,22+,23+,24-,25-,26+,27-,28-,30+,31-,32+,33-/m1/s1. The van der Waals surface area contributed by atoms with E-state index in [1.165, 1.54) is 14.0 Å². The van der Waals surface area contributed by atoms with Gasteiger partial charge in [0.1, 0.15) is 23.9 Å². The lowest BCUT2D eigenvalue weighted by atomic mass is 9.43. The molecule has 6 aliphatic rings. The van der Waals surface area contributed by atoms with E-state index in [9.17, 15) is 19.8 Å². The molecule has 1 aromatic rings. The summed E-state index contributed by atoms with van der Waals surface area (Å²) in [6.45, 7) is 2.56. The van der Waals surface area contributed by atoms with Crippen LogP contribution in [0.1, 0.15) is 36.5 Å². The van der Waals surface area contributed by atoms with Crippen molar-refractivity contribution in [3.05, 3.63) is 35.9 Å². The molecule has 11 nitrogen and oxygen atoms in total. The molecule has 1 aliphatic heterocycles. The number of hydrogen-bond donors (Lipinski definition) is 2. The molecule has 0 amide bonds. The van der Waals surface area contributed by atoms with Gasteiger partial charge in [0.25, 0.3) is 0 Å². The summed E-state index contributed by atoms with van der Waals surface area (Å²) in [7, 11) is 8.63. The van der Waals surface area contributed by atoms with Crippen molar-refractivity contribution in [2.75, 3.05) is 48.6 Å². The highest BCUT2D eigenvalue weighted by atomic mass is 16.6. The third kappa shape index (κ3) is 3.41. The molecule has 1 spiro atoms. The first-order chi connectivity index (χ1) is 21.0. The van der Waals surface area contributed by atoms with Gasteiger partial charge in [-0.15, -0.1) is 0 Å². The number of nitrogens with zero attached hydrogens (tertiary/aromatic N) is 1. The van der Waals surface area contributed by atoms with E-state index in [2.05, 4.69) is 11.9 Å². The fourth-order valence-electron chi connectivity index (χ4n) is 12.3. The molecule has 0 aromatic heterocycles. The molecule has 7 rings (SSSR count). The maximum absolute atomic E-state index is 13.7. The number of piperidine rings is 1. The number of benzene rings is 1. The zero-order chi connectivity index (χ0) is 31.4. The average Bonchev–Trinajstić information content (AvgIpc) is 3.39. The molecule has 7 bridgehead atoms.